The molecule has 0 fully saturated rings. The molecule has 0 aromatic heterocycles. The van der Waals surface area contributed by atoms with Gasteiger partial charge in [-0.2, -0.15) is 0 Å². The van der Waals surface area contributed by atoms with E-state index in [1.165, 1.54) is 0 Å². The van der Waals surface area contributed by atoms with Crippen LogP contribution < -0.4 is 29.6 Å². The molecular weight excluding hydrogens is 205 g/mol. The van der Waals surface area contributed by atoms with Crippen LogP contribution >= 0.6 is 0 Å². The Hall–Kier alpha value is 2.26. The fraction of sp³-hybridized carbons (Fsp3) is 0. The smallest absolute Gasteiger partial charge is 2.00 e. The number of hydrogen-bond acceptors (Lipinski definition) is 0. The summed E-state index contributed by atoms with van der Waals surface area (Å²) in [6, 6.07) is 0. The van der Waals surface area contributed by atoms with Crippen molar-refractivity contribution in [3.05, 3.63) is 0 Å². The molecule has 0 N–H and O–H groups in total. The summed E-state index contributed by atoms with van der Waals surface area (Å²) in [5.74, 6) is 0. The summed E-state index contributed by atoms with van der Waals surface area (Å²) in [6.07, 6.45) is 0. The van der Waals surface area contributed by atoms with Gasteiger partial charge in [0, 0.05) is 0 Å². The van der Waals surface area contributed by atoms with Crippen LogP contribution in [0.2, 0.25) is 0 Å². The predicted octanol–water partition coefficient (Wildman–Crippen LogP) is -3.23. The topological polar surface area (TPSA) is 57.0 Å². The van der Waals surface area contributed by atoms with Crippen LogP contribution in [-0.2, 0) is 11.0 Å². The first-order valence-electron chi connectivity index (χ1n) is 0. The van der Waals surface area contributed by atoms with Gasteiger partial charge in [0.15, 0.2) is 0 Å². The maximum Gasteiger partial charge on any atom is 3.00 e. The van der Waals surface area contributed by atoms with Crippen LogP contribution in [0.5, 0.6) is 0 Å². The van der Waals surface area contributed by atoms with Crippen molar-refractivity contribution >= 4 is 0 Å². The molecule has 4 heteroatoms. The second-order valence-electron chi connectivity index (χ2n) is 0. The van der Waals surface area contributed by atoms with Crippen molar-refractivity contribution in [2.24, 2.45) is 0 Å². The van der Waals surface area contributed by atoms with Gasteiger partial charge in [0.25, 0.3) is 0 Å². The van der Waals surface area contributed by atoms with Crippen molar-refractivity contribution in [2.75, 3.05) is 0 Å². The van der Waals surface area contributed by atoms with Crippen molar-refractivity contribution in [3.63, 3.8) is 0 Å². The zero-order valence-electron chi connectivity index (χ0n) is 2.22. The fourth-order valence-corrected chi connectivity index (χ4v) is 0. The van der Waals surface area contributed by atoms with Crippen molar-refractivity contribution < 1.29 is 80.9 Å². The van der Waals surface area contributed by atoms with Gasteiger partial charge in [-0.15, -0.1) is 0 Å². The first-order valence-corrected chi connectivity index (χ1v) is 0. The van der Waals surface area contributed by atoms with Crippen LogP contribution in [0.25, 0.3) is 0 Å². The summed E-state index contributed by atoms with van der Waals surface area (Å²) < 4.78 is 0. The van der Waals surface area contributed by atoms with Crippen LogP contribution in [0.3, 0.4) is 0 Å². The largest absolute Gasteiger partial charge is 3.00 e. The monoisotopic (exact) mass is 207 g/mol. The molecule has 0 aromatic rings. The van der Waals surface area contributed by atoms with Gasteiger partial charge in [-0.05, 0) is 0 Å². The summed E-state index contributed by atoms with van der Waals surface area (Å²) in [4.78, 5) is 0. The Bertz CT molecular complexity index is 6.00. The Kier molecular flexibility index (Phi) is 159. The van der Waals surface area contributed by atoms with E-state index in [0.717, 1.165) is 0 Å². The summed E-state index contributed by atoms with van der Waals surface area (Å²) >= 11 is 0. The average molecular weight is 205 g/mol. The van der Waals surface area contributed by atoms with Gasteiger partial charge in [-0.25, -0.2) is 0 Å². The zero-order valence-corrected chi connectivity index (χ0v) is 6.84. The predicted molar refractivity (Wildman–Crippen MR) is 1.37 cm³/mol. The van der Waals surface area contributed by atoms with E-state index >= 15 is 0 Å². The third-order valence-electron chi connectivity index (χ3n) is 0. The van der Waals surface area contributed by atoms with E-state index in [2.05, 4.69) is 0 Å². The van der Waals surface area contributed by atoms with E-state index in [9.17, 15) is 0 Å². The van der Waals surface area contributed by atoms with Crippen LogP contribution in [0.1, 0.15) is 0 Å². The summed E-state index contributed by atoms with van der Waals surface area (Å²) in [7, 11) is 0. The SMILES string of the molecule is [Na+].[O-2].[O-2].[Sm+3]. The van der Waals surface area contributed by atoms with Crippen LogP contribution in [0.15, 0.2) is 0 Å². The standard InChI is InChI=1S/Na.2O.Sm/q+1;2*-2;+3. The molecule has 0 aliphatic heterocycles. The molecule has 0 atom stereocenters. The van der Waals surface area contributed by atoms with E-state index in [1.807, 2.05) is 0 Å². The first kappa shape index (κ1) is 33.9. The van der Waals surface area contributed by atoms with E-state index in [4.69, 9.17) is 0 Å². The maximum absolute atomic E-state index is 0. The Labute approximate surface area is 79.3 Å². The van der Waals surface area contributed by atoms with Crippen molar-refractivity contribution in [3.8, 4) is 0 Å². The Morgan fingerprint density at radius 3 is 0.750 bits per heavy atom. The Morgan fingerprint density at radius 1 is 0.750 bits per heavy atom. The Morgan fingerprint density at radius 2 is 0.750 bits per heavy atom. The molecule has 0 rings (SSSR count). The van der Waals surface area contributed by atoms with Crippen LogP contribution in [-0.4, -0.2) is 0 Å². The van der Waals surface area contributed by atoms with Gasteiger partial charge in [0.2, 0.25) is 0 Å². The molecule has 0 aliphatic carbocycles. The average Bonchev–Trinajstić information content (AvgIpc) is 0. The minimum Gasteiger partial charge on any atom is -2.00 e. The van der Waals surface area contributed by atoms with Crippen molar-refractivity contribution in [1.82, 2.24) is 0 Å². The molecular formula is NaO2Sm. The fourth-order valence-electron chi connectivity index (χ4n) is 0. The van der Waals surface area contributed by atoms with Gasteiger partial charge >= 0.3 is 69.9 Å². The van der Waals surface area contributed by atoms with Crippen LogP contribution in [0, 0.1) is 40.4 Å². The molecule has 0 spiro atoms. The molecule has 0 saturated carbocycles. The minimum absolute atomic E-state index is 0. The molecule has 0 saturated heterocycles. The molecule has 0 aromatic carbocycles. The van der Waals surface area contributed by atoms with Crippen molar-refractivity contribution in [1.29, 1.82) is 0 Å². The van der Waals surface area contributed by atoms with Gasteiger partial charge in [-0.1, -0.05) is 0 Å². The minimum atomic E-state index is 0. The van der Waals surface area contributed by atoms with Gasteiger partial charge < -0.3 is 11.0 Å². The number of hydrogen-bond donors (Lipinski definition) is 0. The third-order valence-corrected chi connectivity index (χ3v) is 0. The van der Waals surface area contributed by atoms with E-state index < -0.39 is 0 Å². The molecule has 1 radical (unpaired) electrons. The van der Waals surface area contributed by atoms with Crippen molar-refractivity contribution in [2.45, 2.75) is 0 Å². The molecule has 0 heterocycles. The Balaban J connectivity index is 0. The van der Waals surface area contributed by atoms with E-state index in [0.29, 0.717) is 0 Å². The molecule has 0 amide bonds. The zero-order chi connectivity index (χ0) is 0. The first-order chi connectivity index (χ1) is 0. The molecule has 0 unspecified atom stereocenters. The molecule has 4 heavy (non-hydrogen) atoms. The summed E-state index contributed by atoms with van der Waals surface area (Å²) in [5, 5.41) is 0. The van der Waals surface area contributed by atoms with Gasteiger partial charge in [0.1, 0.15) is 0 Å². The molecule has 19 valence electrons. The second kappa shape index (κ2) is 18.7. The summed E-state index contributed by atoms with van der Waals surface area (Å²) in [5.41, 5.74) is 0. The van der Waals surface area contributed by atoms with Gasteiger partial charge in [0.05, 0.1) is 0 Å². The maximum atomic E-state index is 0. The van der Waals surface area contributed by atoms with E-state index in [1.54, 1.807) is 0 Å². The molecule has 2 nitrogen and oxygen atoms in total. The van der Waals surface area contributed by atoms with E-state index in [-0.39, 0.29) is 80.9 Å². The molecule has 0 aliphatic rings. The molecule has 0 bridgehead atoms. The van der Waals surface area contributed by atoms with Crippen LogP contribution in [0.4, 0.5) is 0 Å². The normalized spacial score (nSPS) is 0. The van der Waals surface area contributed by atoms with Gasteiger partial charge in [-0.3, -0.25) is 0 Å². The quantitative estimate of drug-likeness (QED) is 0.373. The number of rotatable bonds is 0. The summed E-state index contributed by atoms with van der Waals surface area (Å²) in [6.45, 7) is 0. The third kappa shape index (κ3) is 8.86. The second-order valence-corrected chi connectivity index (χ2v) is 0.